The number of nitrogens with zero attached hydrogens (tertiary/aromatic N) is 4. The number of rotatable bonds is 4. The van der Waals surface area contributed by atoms with Gasteiger partial charge >= 0.3 is 0 Å². The molecule has 0 saturated carbocycles. The van der Waals surface area contributed by atoms with Crippen molar-refractivity contribution in [1.82, 2.24) is 19.1 Å². The van der Waals surface area contributed by atoms with Crippen molar-refractivity contribution in [1.29, 1.82) is 0 Å². The minimum Gasteiger partial charge on any atom is -0.309 e. The molecule has 67 heavy (non-hydrogen) atoms. The average molecular weight is 869 g/mol. The Balaban J connectivity index is 1.02. The lowest BCUT2D eigenvalue weighted by molar-refractivity contribution is 1.17. The first kappa shape index (κ1) is 36.7. The molecule has 5 heteroatoms. The van der Waals surface area contributed by atoms with Gasteiger partial charge in [0.25, 0.3) is 0 Å². The zero-order valence-corrected chi connectivity index (χ0v) is 36.8. The average Bonchev–Trinajstić information content (AvgIpc) is 4.05. The van der Waals surface area contributed by atoms with E-state index in [-0.39, 0.29) is 0 Å². The van der Waals surface area contributed by atoms with E-state index in [1.165, 1.54) is 79.8 Å². The normalized spacial score (nSPS) is 12.2. The molecule has 0 N–H and O–H groups in total. The zero-order chi connectivity index (χ0) is 43.7. The Morgan fingerprint density at radius 3 is 1.78 bits per heavy atom. The molecule has 0 amide bonds. The van der Waals surface area contributed by atoms with Crippen LogP contribution in [0.1, 0.15) is 0 Å². The van der Waals surface area contributed by atoms with E-state index in [4.69, 9.17) is 9.97 Å². The number of aromatic nitrogens is 4. The number of hydrogen-bond donors (Lipinski definition) is 0. The zero-order valence-electron chi connectivity index (χ0n) is 36.0. The van der Waals surface area contributed by atoms with Gasteiger partial charge in [0.05, 0.1) is 50.2 Å². The summed E-state index contributed by atoms with van der Waals surface area (Å²) >= 11 is 1.83. The van der Waals surface area contributed by atoms with Crippen LogP contribution in [0.4, 0.5) is 0 Å². The number of hydrogen-bond acceptors (Lipinski definition) is 3. The van der Waals surface area contributed by atoms with E-state index in [0.717, 1.165) is 61.2 Å². The summed E-state index contributed by atoms with van der Waals surface area (Å²) in [4.78, 5) is 11.0. The summed E-state index contributed by atoms with van der Waals surface area (Å²) in [6.45, 7) is 0. The van der Waals surface area contributed by atoms with Gasteiger partial charge in [-0.15, -0.1) is 11.3 Å². The monoisotopic (exact) mass is 868 g/mol. The Bertz CT molecular complexity index is 4590. The Morgan fingerprint density at radius 2 is 0.925 bits per heavy atom. The van der Waals surface area contributed by atoms with Gasteiger partial charge in [-0.05, 0) is 76.1 Å². The highest BCUT2D eigenvalue weighted by Crippen LogP contribution is 2.45. The van der Waals surface area contributed by atoms with Crippen LogP contribution >= 0.6 is 11.3 Å². The van der Waals surface area contributed by atoms with Gasteiger partial charge in [0, 0.05) is 69.3 Å². The summed E-state index contributed by atoms with van der Waals surface area (Å²) in [7, 11) is 0. The van der Waals surface area contributed by atoms with Gasteiger partial charge in [-0.2, -0.15) is 0 Å². The molecule has 11 aromatic carbocycles. The molecule has 0 aliphatic rings. The predicted octanol–water partition coefficient (Wildman–Crippen LogP) is 17.0. The number of para-hydroxylation sites is 3. The van der Waals surface area contributed by atoms with E-state index in [2.05, 4.69) is 228 Å². The first-order valence-corrected chi connectivity index (χ1v) is 23.6. The maximum atomic E-state index is 5.50. The third-order valence-electron chi connectivity index (χ3n) is 14.1. The van der Waals surface area contributed by atoms with Gasteiger partial charge in [0.1, 0.15) is 0 Å². The number of benzene rings is 11. The van der Waals surface area contributed by atoms with Crippen LogP contribution in [-0.2, 0) is 0 Å². The first-order valence-electron chi connectivity index (χ1n) is 22.8. The highest BCUT2D eigenvalue weighted by molar-refractivity contribution is 7.26. The van der Waals surface area contributed by atoms with Crippen LogP contribution in [0.5, 0.6) is 0 Å². The molecule has 15 rings (SSSR count). The van der Waals surface area contributed by atoms with Gasteiger partial charge < -0.3 is 9.13 Å². The molecule has 0 unspecified atom stereocenters. The minimum absolute atomic E-state index is 0.873. The lowest BCUT2D eigenvalue weighted by Gasteiger charge is -2.17. The van der Waals surface area contributed by atoms with E-state index in [1.54, 1.807) is 0 Å². The fraction of sp³-hybridized carbons (Fsp3) is 0. The fourth-order valence-corrected chi connectivity index (χ4v) is 12.3. The maximum absolute atomic E-state index is 5.50. The van der Waals surface area contributed by atoms with Gasteiger partial charge in [-0.3, -0.25) is 0 Å². The van der Waals surface area contributed by atoms with E-state index in [1.807, 2.05) is 11.3 Å². The van der Waals surface area contributed by atoms with Gasteiger partial charge in [0.15, 0.2) is 0 Å². The number of thiophene rings is 1. The third-order valence-corrected chi connectivity index (χ3v) is 15.3. The molecule has 0 saturated heterocycles. The SMILES string of the molecule is c1ccc2cc3c(cc2c1)c1ccc(-n2c4ccccc4c4ccc5ccccc5c42)cc1n3-c1cccc2c(-c3nc4ccccc4nc3-c3cccc4c3sc3ccccc34)cccc12. The van der Waals surface area contributed by atoms with Crippen LogP contribution in [0.3, 0.4) is 0 Å². The molecule has 0 spiro atoms. The predicted molar refractivity (Wildman–Crippen MR) is 284 cm³/mol. The van der Waals surface area contributed by atoms with Crippen molar-refractivity contribution < 1.29 is 0 Å². The number of fused-ring (bicyclic) bond motifs is 14. The van der Waals surface area contributed by atoms with Crippen LogP contribution in [0, 0.1) is 0 Å². The van der Waals surface area contributed by atoms with Crippen molar-refractivity contribution in [3.8, 4) is 33.9 Å². The van der Waals surface area contributed by atoms with Crippen LogP contribution < -0.4 is 0 Å². The topological polar surface area (TPSA) is 35.6 Å². The van der Waals surface area contributed by atoms with E-state index in [9.17, 15) is 0 Å². The van der Waals surface area contributed by atoms with Crippen molar-refractivity contribution in [2.45, 2.75) is 0 Å². The second-order valence-electron chi connectivity index (χ2n) is 17.7. The molecule has 4 nitrogen and oxygen atoms in total. The molecule has 15 aromatic rings. The van der Waals surface area contributed by atoms with Crippen molar-refractivity contribution in [2.24, 2.45) is 0 Å². The van der Waals surface area contributed by atoms with E-state index >= 15 is 0 Å². The van der Waals surface area contributed by atoms with Crippen LogP contribution in [0.2, 0.25) is 0 Å². The highest BCUT2D eigenvalue weighted by atomic mass is 32.1. The van der Waals surface area contributed by atoms with Crippen molar-refractivity contribution in [2.75, 3.05) is 0 Å². The van der Waals surface area contributed by atoms with E-state index < -0.39 is 0 Å². The van der Waals surface area contributed by atoms with Crippen LogP contribution in [0.15, 0.2) is 218 Å². The summed E-state index contributed by atoms with van der Waals surface area (Å²) in [5.41, 5.74) is 12.6. The molecule has 0 aliphatic carbocycles. The van der Waals surface area contributed by atoms with Crippen molar-refractivity contribution >= 4 is 118 Å². The highest BCUT2D eigenvalue weighted by Gasteiger charge is 2.23. The fourth-order valence-electron chi connectivity index (χ4n) is 11.1. The molecule has 0 radical (unpaired) electrons. The van der Waals surface area contributed by atoms with Crippen LogP contribution in [0.25, 0.3) is 141 Å². The molecule has 4 heterocycles. The third kappa shape index (κ3) is 5.29. The Hall–Kier alpha value is -8.64. The summed E-state index contributed by atoms with van der Waals surface area (Å²) < 4.78 is 7.47. The second-order valence-corrected chi connectivity index (χ2v) is 18.7. The Kier molecular flexibility index (Phi) is 7.63. The molecule has 4 aromatic heterocycles. The largest absolute Gasteiger partial charge is 0.309 e. The summed E-state index contributed by atoms with van der Waals surface area (Å²) in [6, 6.07) is 79.7. The molecular formula is C62H36N4S. The second kappa shape index (κ2) is 13.9. The molecule has 0 bridgehead atoms. The first-order chi connectivity index (χ1) is 33.2. The minimum atomic E-state index is 0.873. The van der Waals surface area contributed by atoms with Crippen LogP contribution in [-0.4, -0.2) is 19.1 Å². The van der Waals surface area contributed by atoms with Gasteiger partial charge in [-0.25, -0.2) is 9.97 Å². The lowest BCUT2D eigenvalue weighted by Crippen LogP contribution is -1.99. The van der Waals surface area contributed by atoms with Gasteiger partial charge in [-0.1, -0.05) is 164 Å². The molecule has 310 valence electrons. The lowest BCUT2D eigenvalue weighted by atomic mass is 9.96. The summed E-state index contributed by atoms with van der Waals surface area (Å²) in [5.74, 6) is 0. The molecule has 0 atom stereocenters. The maximum Gasteiger partial charge on any atom is 0.0987 e. The quantitative estimate of drug-likeness (QED) is 0.177. The molecular weight excluding hydrogens is 833 g/mol. The molecule has 0 fully saturated rings. The summed E-state index contributed by atoms with van der Waals surface area (Å²) in [6.07, 6.45) is 0. The smallest absolute Gasteiger partial charge is 0.0987 e. The Labute approximate surface area is 387 Å². The van der Waals surface area contributed by atoms with Crippen molar-refractivity contribution in [3.05, 3.63) is 218 Å². The van der Waals surface area contributed by atoms with Gasteiger partial charge in [0.2, 0.25) is 0 Å². The summed E-state index contributed by atoms with van der Waals surface area (Å²) in [5, 5.41) is 14.6. The standard InChI is InChI=1S/C62H36N4S/c1-2-16-39-35-56-51(34-38(39)15-1)45-33-31-40(65-54-27-9-5-18-44(54)48-32-30-37-14-3-4-17-41(37)61(48)65)36-57(45)66(56)55-28-13-20-42-43(55)21-11-22-47(42)59-60(64-53-26-8-7-25-52(53)63-59)50-24-12-23-49-46-19-6-10-29-58(46)67-62(49)50/h1-36H. The molecule has 0 aliphatic heterocycles. The van der Waals surface area contributed by atoms with E-state index in [0.29, 0.717) is 0 Å². The van der Waals surface area contributed by atoms with Crippen molar-refractivity contribution in [3.63, 3.8) is 0 Å². The Morgan fingerprint density at radius 1 is 0.328 bits per heavy atom.